The first-order chi connectivity index (χ1) is 16.3. The molecule has 1 saturated heterocycles. The summed E-state index contributed by atoms with van der Waals surface area (Å²) < 4.78 is 5.77. The van der Waals surface area contributed by atoms with Crippen LogP contribution in [0.25, 0.3) is 0 Å². The lowest BCUT2D eigenvalue weighted by Crippen LogP contribution is -2.46. The third kappa shape index (κ3) is 19.8. The summed E-state index contributed by atoms with van der Waals surface area (Å²) in [6.45, 7) is 13.4. The molecule has 214 valence electrons. The Hall–Kier alpha value is -0.230. The van der Waals surface area contributed by atoms with Gasteiger partial charge in [-0.2, -0.15) is 0 Å². The van der Waals surface area contributed by atoms with Gasteiger partial charge in [0.2, 0.25) is 0 Å². The van der Waals surface area contributed by atoms with Crippen molar-refractivity contribution < 1.29 is 4.74 Å². The molecule has 7 heteroatoms. The summed E-state index contributed by atoms with van der Waals surface area (Å²) in [5, 5.41) is 0. The predicted octanol–water partition coefficient (Wildman–Crippen LogP) is 7.58. The minimum absolute atomic E-state index is 0. The van der Waals surface area contributed by atoms with E-state index in [1.807, 2.05) is 30.3 Å². The van der Waals surface area contributed by atoms with Crippen molar-refractivity contribution in [3.63, 3.8) is 0 Å². The molecule has 0 amide bonds. The van der Waals surface area contributed by atoms with Gasteiger partial charge in [-0.05, 0) is 77.5 Å². The van der Waals surface area contributed by atoms with E-state index < -0.39 is 0 Å². The van der Waals surface area contributed by atoms with E-state index >= 15 is 0 Å². The maximum absolute atomic E-state index is 5.77. The monoisotopic (exact) mass is 567 g/mol. The number of ether oxygens (including phenoxy) is 1. The van der Waals surface area contributed by atoms with Gasteiger partial charge in [-0.25, -0.2) is 0 Å². The molecule has 0 saturated carbocycles. The minimum atomic E-state index is 0. The molecule has 0 bridgehead atoms. The van der Waals surface area contributed by atoms with Gasteiger partial charge in [-0.15, -0.1) is 37.2 Å². The summed E-state index contributed by atoms with van der Waals surface area (Å²) in [7, 11) is 2.29. The quantitative estimate of drug-likeness (QED) is 0.151. The maximum atomic E-state index is 5.77. The fraction of sp³-hybridized carbons (Fsp3) is 0.793. The molecule has 0 unspecified atom stereocenters. The van der Waals surface area contributed by atoms with Crippen molar-refractivity contribution in [2.45, 2.75) is 84.0 Å². The Kier molecular flexibility index (Phi) is 27.8. The molecule has 36 heavy (non-hydrogen) atoms. The van der Waals surface area contributed by atoms with Crippen LogP contribution in [0.5, 0.6) is 5.75 Å². The smallest absolute Gasteiger partial charge is 0.119 e. The molecule has 0 aromatic heterocycles. The molecule has 1 heterocycles. The van der Waals surface area contributed by atoms with E-state index in [9.17, 15) is 0 Å². The number of hydrogen-bond acceptors (Lipinski definition) is 4. The van der Waals surface area contributed by atoms with Gasteiger partial charge in [0.1, 0.15) is 5.75 Å². The van der Waals surface area contributed by atoms with Crippen LogP contribution in [0.1, 0.15) is 84.0 Å². The topological polar surface area (TPSA) is 19.0 Å². The molecule has 1 fully saturated rings. The lowest BCUT2D eigenvalue weighted by molar-refractivity contribution is 0.128. The van der Waals surface area contributed by atoms with Crippen LogP contribution in [0.3, 0.4) is 0 Å². The average molecular weight is 569 g/mol. The van der Waals surface area contributed by atoms with Crippen LogP contribution in [-0.4, -0.2) is 80.7 Å². The van der Waals surface area contributed by atoms with Crippen LogP contribution < -0.4 is 4.74 Å². The van der Waals surface area contributed by atoms with Gasteiger partial charge in [0.15, 0.2) is 0 Å². The number of nitrogens with zero attached hydrogens (tertiary/aromatic N) is 3. The highest BCUT2D eigenvalue weighted by molar-refractivity contribution is 5.86. The molecule has 0 atom stereocenters. The standard InChI is InChI=1S/C29H53N3O.3ClH/c1-3-4-13-20-30(2)21-15-16-23-32-26-24-31(25-27-32)22-14-8-6-5-7-9-17-28-33-29-18-11-10-12-19-29;;;/h10-12,18-19H,3-9,13-17,20-28H2,1-2H3;3*1H. The molecule has 0 N–H and O–H groups in total. The molecule has 0 radical (unpaired) electrons. The van der Waals surface area contributed by atoms with Crippen molar-refractivity contribution in [3.8, 4) is 5.75 Å². The van der Waals surface area contributed by atoms with Crippen molar-refractivity contribution in [2.24, 2.45) is 0 Å². The maximum Gasteiger partial charge on any atom is 0.119 e. The molecule has 0 aliphatic carbocycles. The highest BCUT2D eigenvalue weighted by Crippen LogP contribution is 2.12. The second-order valence-corrected chi connectivity index (χ2v) is 10.0. The zero-order valence-corrected chi connectivity index (χ0v) is 25.7. The normalized spacial score (nSPS) is 14.1. The highest BCUT2D eigenvalue weighted by atomic mass is 35.5. The Morgan fingerprint density at radius 2 is 1.11 bits per heavy atom. The van der Waals surface area contributed by atoms with Crippen molar-refractivity contribution in [3.05, 3.63) is 30.3 Å². The van der Waals surface area contributed by atoms with Gasteiger partial charge < -0.3 is 19.4 Å². The molecule has 2 rings (SSSR count). The summed E-state index contributed by atoms with van der Waals surface area (Å²) >= 11 is 0. The molecular weight excluding hydrogens is 513 g/mol. The number of hydrogen-bond donors (Lipinski definition) is 0. The highest BCUT2D eigenvalue weighted by Gasteiger charge is 2.15. The van der Waals surface area contributed by atoms with Gasteiger partial charge >= 0.3 is 0 Å². The Bertz CT molecular complexity index is 560. The molecule has 0 spiro atoms. The van der Waals surface area contributed by atoms with Crippen LogP contribution in [0.15, 0.2) is 30.3 Å². The fourth-order valence-electron chi connectivity index (χ4n) is 4.73. The van der Waals surface area contributed by atoms with E-state index in [1.54, 1.807) is 0 Å². The van der Waals surface area contributed by atoms with Gasteiger partial charge in [0, 0.05) is 26.2 Å². The first-order valence-corrected chi connectivity index (χ1v) is 14.1. The third-order valence-electron chi connectivity index (χ3n) is 7.00. The van der Waals surface area contributed by atoms with Crippen molar-refractivity contribution in [1.29, 1.82) is 0 Å². The van der Waals surface area contributed by atoms with Crippen LogP contribution >= 0.6 is 37.2 Å². The van der Waals surface area contributed by atoms with E-state index in [0.717, 1.165) is 12.4 Å². The van der Waals surface area contributed by atoms with Gasteiger partial charge in [-0.1, -0.05) is 70.1 Å². The Labute approximate surface area is 242 Å². The molecule has 1 aromatic rings. The molecule has 1 aromatic carbocycles. The number of piperazine rings is 1. The fourth-order valence-corrected chi connectivity index (χ4v) is 4.73. The summed E-state index contributed by atoms with van der Waals surface area (Å²) in [5.74, 6) is 0.999. The van der Waals surface area contributed by atoms with E-state index in [-0.39, 0.29) is 37.2 Å². The number of para-hydroxylation sites is 1. The van der Waals surface area contributed by atoms with Gasteiger partial charge in [0.05, 0.1) is 6.61 Å². The minimum Gasteiger partial charge on any atom is -0.494 e. The van der Waals surface area contributed by atoms with Crippen LogP contribution in [-0.2, 0) is 0 Å². The molecule has 1 aliphatic rings. The van der Waals surface area contributed by atoms with E-state index in [2.05, 4.69) is 28.7 Å². The number of benzene rings is 1. The molecule has 1 aliphatic heterocycles. The zero-order valence-electron chi connectivity index (χ0n) is 23.2. The van der Waals surface area contributed by atoms with Crippen molar-refractivity contribution in [1.82, 2.24) is 14.7 Å². The van der Waals surface area contributed by atoms with Crippen LogP contribution in [0.2, 0.25) is 0 Å². The lowest BCUT2D eigenvalue weighted by Gasteiger charge is -2.34. The summed E-state index contributed by atoms with van der Waals surface area (Å²) in [5.41, 5.74) is 0. The van der Waals surface area contributed by atoms with Crippen LogP contribution in [0, 0.1) is 0 Å². The number of rotatable bonds is 20. The molecular formula is C29H56Cl3N3O. The first-order valence-electron chi connectivity index (χ1n) is 14.1. The Morgan fingerprint density at radius 3 is 1.67 bits per heavy atom. The number of halogens is 3. The lowest BCUT2D eigenvalue weighted by atomic mass is 10.1. The number of unbranched alkanes of at least 4 members (excludes halogenated alkanes) is 9. The first kappa shape index (κ1) is 37.9. The van der Waals surface area contributed by atoms with E-state index in [4.69, 9.17) is 4.74 Å². The SMILES string of the molecule is CCCCCN(C)CCCCN1CCN(CCCCCCCCCOc2ccccc2)CC1.Cl.Cl.Cl. The molecule has 4 nitrogen and oxygen atoms in total. The summed E-state index contributed by atoms with van der Waals surface area (Å²) in [4.78, 5) is 7.90. The van der Waals surface area contributed by atoms with Gasteiger partial charge in [-0.3, -0.25) is 0 Å². The van der Waals surface area contributed by atoms with E-state index in [1.165, 1.54) is 129 Å². The zero-order chi connectivity index (χ0) is 23.4. The second-order valence-electron chi connectivity index (χ2n) is 10.0. The van der Waals surface area contributed by atoms with Crippen molar-refractivity contribution in [2.75, 3.05) is 66.0 Å². The Balaban J connectivity index is 0. The van der Waals surface area contributed by atoms with E-state index in [0.29, 0.717) is 0 Å². The summed E-state index contributed by atoms with van der Waals surface area (Å²) in [6.07, 6.45) is 16.1. The largest absolute Gasteiger partial charge is 0.494 e. The van der Waals surface area contributed by atoms with Crippen molar-refractivity contribution >= 4 is 37.2 Å². The predicted molar refractivity (Wildman–Crippen MR) is 165 cm³/mol. The average Bonchev–Trinajstić information content (AvgIpc) is 2.84. The Morgan fingerprint density at radius 1 is 0.639 bits per heavy atom. The summed E-state index contributed by atoms with van der Waals surface area (Å²) in [6, 6.07) is 10.2. The third-order valence-corrected chi connectivity index (χ3v) is 7.00. The van der Waals surface area contributed by atoms with Crippen LogP contribution in [0.4, 0.5) is 0 Å². The second kappa shape index (κ2) is 26.4. The van der Waals surface area contributed by atoms with Gasteiger partial charge in [0.25, 0.3) is 0 Å².